The molecule has 0 radical (unpaired) electrons. The van der Waals surface area contributed by atoms with Gasteiger partial charge in [-0.2, -0.15) is 0 Å². The van der Waals surface area contributed by atoms with E-state index in [1.165, 1.54) is 0 Å². The molecule has 0 spiro atoms. The van der Waals surface area contributed by atoms with Crippen LogP contribution in [-0.2, 0) is 9.59 Å². The highest BCUT2D eigenvalue weighted by molar-refractivity contribution is 5.81. The fourth-order valence-electron chi connectivity index (χ4n) is 1.22. The second-order valence-corrected chi connectivity index (χ2v) is 3.20. The molecule has 1 aliphatic heterocycles. The number of hydrogen-bond donors (Lipinski definition) is 1. The Balaban J connectivity index is 2.37. The van der Waals surface area contributed by atoms with Crippen molar-refractivity contribution in [1.82, 2.24) is 15.1 Å². The summed E-state index contributed by atoms with van der Waals surface area (Å²) in [5.41, 5.74) is 0. The van der Waals surface area contributed by atoms with Gasteiger partial charge in [-0.05, 0) is 0 Å². The average Bonchev–Trinajstić information content (AvgIpc) is 2.11. The van der Waals surface area contributed by atoms with Crippen LogP contribution in [0, 0.1) is 0 Å². The highest BCUT2D eigenvalue weighted by Crippen LogP contribution is 1.99. The first-order valence-corrected chi connectivity index (χ1v) is 4.30. The van der Waals surface area contributed by atoms with Gasteiger partial charge >= 0.3 is 0 Å². The van der Waals surface area contributed by atoms with Crippen LogP contribution in [0.3, 0.4) is 0 Å². The zero-order chi connectivity index (χ0) is 9.84. The Labute approximate surface area is 77.7 Å². The summed E-state index contributed by atoms with van der Waals surface area (Å²) in [5.74, 6) is 0.0347. The smallest absolute Gasteiger partial charge is 0.236 e. The maximum absolute atomic E-state index is 11.2. The van der Waals surface area contributed by atoms with Crippen LogP contribution in [0.1, 0.15) is 0 Å². The third-order valence-corrected chi connectivity index (χ3v) is 2.18. The molecule has 74 valence electrons. The van der Waals surface area contributed by atoms with Crippen LogP contribution in [0.2, 0.25) is 0 Å². The molecule has 0 atom stereocenters. The van der Waals surface area contributed by atoms with Crippen LogP contribution in [0.15, 0.2) is 0 Å². The quantitative estimate of drug-likeness (QED) is 0.570. The molecular formula is C8H15N3O2. The molecule has 5 nitrogen and oxygen atoms in total. The van der Waals surface area contributed by atoms with E-state index in [2.05, 4.69) is 5.32 Å². The maximum atomic E-state index is 11.2. The number of piperazine rings is 1. The first kappa shape index (κ1) is 9.98. The molecule has 0 saturated carbocycles. The molecule has 1 fully saturated rings. The number of rotatable bonds is 2. The summed E-state index contributed by atoms with van der Waals surface area (Å²) >= 11 is 0. The molecule has 5 heteroatoms. The number of amides is 2. The van der Waals surface area contributed by atoms with Crippen LogP contribution < -0.4 is 5.32 Å². The number of hydrogen-bond acceptors (Lipinski definition) is 3. The van der Waals surface area contributed by atoms with E-state index in [1.807, 2.05) is 4.90 Å². The number of carbonyl (C=O) groups is 2. The monoisotopic (exact) mass is 185 g/mol. The van der Waals surface area contributed by atoms with Crippen LogP contribution in [0.4, 0.5) is 0 Å². The molecule has 1 rings (SSSR count). The van der Waals surface area contributed by atoms with Crippen molar-refractivity contribution >= 4 is 11.8 Å². The van der Waals surface area contributed by atoms with E-state index in [-0.39, 0.29) is 11.8 Å². The molecule has 1 N–H and O–H groups in total. The van der Waals surface area contributed by atoms with Crippen LogP contribution in [0.5, 0.6) is 0 Å². The summed E-state index contributed by atoms with van der Waals surface area (Å²) in [5, 5.41) is 2.53. The van der Waals surface area contributed by atoms with E-state index in [9.17, 15) is 9.59 Å². The van der Waals surface area contributed by atoms with Gasteiger partial charge in [0, 0.05) is 27.2 Å². The molecule has 0 aromatic heterocycles. The maximum Gasteiger partial charge on any atom is 0.236 e. The molecule has 0 unspecified atom stereocenters. The van der Waals surface area contributed by atoms with Crippen molar-refractivity contribution in [2.24, 2.45) is 0 Å². The second-order valence-electron chi connectivity index (χ2n) is 3.20. The summed E-state index contributed by atoms with van der Waals surface area (Å²) in [6, 6.07) is 0. The van der Waals surface area contributed by atoms with Crippen LogP contribution in [-0.4, -0.2) is 61.9 Å². The van der Waals surface area contributed by atoms with Gasteiger partial charge in [0.15, 0.2) is 0 Å². The third-order valence-electron chi connectivity index (χ3n) is 2.18. The Morgan fingerprint density at radius 2 is 2.23 bits per heavy atom. The molecule has 0 aromatic carbocycles. The zero-order valence-electron chi connectivity index (χ0n) is 8.04. The van der Waals surface area contributed by atoms with Gasteiger partial charge in [-0.3, -0.25) is 14.5 Å². The first-order valence-electron chi connectivity index (χ1n) is 4.30. The normalized spacial score (nSPS) is 18.9. The largest absolute Gasteiger partial charge is 0.358 e. The molecule has 2 amide bonds. The van der Waals surface area contributed by atoms with E-state index < -0.39 is 0 Å². The predicted molar refractivity (Wildman–Crippen MR) is 48.1 cm³/mol. The lowest BCUT2D eigenvalue weighted by molar-refractivity contribution is -0.135. The van der Waals surface area contributed by atoms with Gasteiger partial charge < -0.3 is 10.2 Å². The molecule has 0 aliphatic carbocycles. The number of carbonyl (C=O) groups excluding carboxylic acids is 2. The van der Waals surface area contributed by atoms with Crippen LogP contribution in [0.25, 0.3) is 0 Å². The highest BCUT2D eigenvalue weighted by atomic mass is 16.2. The SMILES string of the molecule is CNC(=O)CN1CCN(C)C(=O)C1. The lowest BCUT2D eigenvalue weighted by atomic mass is 10.3. The highest BCUT2D eigenvalue weighted by Gasteiger charge is 2.21. The van der Waals surface area contributed by atoms with Gasteiger partial charge in [-0.15, -0.1) is 0 Å². The Morgan fingerprint density at radius 1 is 1.54 bits per heavy atom. The molecule has 0 aromatic rings. The van der Waals surface area contributed by atoms with Crippen molar-refractivity contribution in [2.75, 3.05) is 40.3 Å². The summed E-state index contributed by atoms with van der Waals surface area (Å²) < 4.78 is 0. The second kappa shape index (κ2) is 4.23. The van der Waals surface area contributed by atoms with Crippen molar-refractivity contribution < 1.29 is 9.59 Å². The zero-order valence-corrected chi connectivity index (χ0v) is 8.04. The Kier molecular flexibility index (Phi) is 3.25. The summed E-state index contributed by atoms with van der Waals surface area (Å²) in [6.07, 6.45) is 0. The van der Waals surface area contributed by atoms with Crippen molar-refractivity contribution in [3.8, 4) is 0 Å². The third kappa shape index (κ3) is 2.69. The number of nitrogens with one attached hydrogen (secondary N) is 1. The minimum absolute atomic E-state index is 0.0441. The van der Waals surface area contributed by atoms with Crippen molar-refractivity contribution in [3.63, 3.8) is 0 Å². The van der Waals surface area contributed by atoms with Gasteiger partial charge in [-0.25, -0.2) is 0 Å². The van der Waals surface area contributed by atoms with E-state index in [1.54, 1.807) is 19.0 Å². The molecular weight excluding hydrogens is 170 g/mol. The summed E-state index contributed by atoms with van der Waals surface area (Å²) in [4.78, 5) is 25.7. The minimum Gasteiger partial charge on any atom is -0.358 e. The Bertz CT molecular complexity index is 215. The van der Waals surface area contributed by atoms with Crippen molar-refractivity contribution in [3.05, 3.63) is 0 Å². The van der Waals surface area contributed by atoms with Gasteiger partial charge in [0.05, 0.1) is 13.1 Å². The number of likely N-dealkylation sites (N-methyl/N-ethyl adjacent to an activating group) is 2. The van der Waals surface area contributed by atoms with E-state index >= 15 is 0 Å². The number of nitrogens with zero attached hydrogens (tertiary/aromatic N) is 2. The average molecular weight is 185 g/mol. The molecule has 1 heterocycles. The predicted octanol–water partition coefficient (Wildman–Crippen LogP) is -1.49. The standard InChI is InChI=1S/C8H15N3O2/c1-9-7(12)5-11-4-3-10(2)8(13)6-11/h3-6H2,1-2H3,(H,9,12). The van der Waals surface area contributed by atoms with Crippen molar-refractivity contribution in [1.29, 1.82) is 0 Å². The van der Waals surface area contributed by atoms with E-state index in [4.69, 9.17) is 0 Å². The van der Waals surface area contributed by atoms with Gasteiger partial charge in [0.2, 0.25) is 11.8 Å². The topological polar surface area (TPSA) is 52.7 Å². The van der Waals surface area contributed by atoms with Gasteiger partial charge in [0.1, 0.15) is 0 Å². The minimum atomic E-state index is -0.0441. The Hall–Kier alpha value is -1.10. The molecule has 0 bridgehead atoms. The molecule has 13 heavy (non-hydrogen) atoms. The van der Waals surface area contributed by atoms with Gasteiger partial charge in [0.25, 0.3) is 0 Å². The molecule has 1 saturated heterocycles. The van der Waals surface area contributed by atoms with Gasteiger partial charge in [-0.1, -0.05) is 0 Å². The summed E-state index contributed by atoms with van der Waals surface area (Å²) in [6.45, 7) is 2.14. The van der Waals surface area contributed by atoms with E-state index in [0.29, 0.717) is 19.6 Å². The van der Waals surface area contributed by atoms with E-state index in [0.717, 1.165) is 6.54 Å². The molecule has 1 aliphatic rings. The lowest BCUT2D eigenvalue weighted by Crippen LogP contribution is -2.50. The fourth-order valence-corrected chi connectivity index (χ4v) is 1.22. The lowest BCUT2D eigenvalue weighted by Gasteiger charge is -2.31. The summed E-state index contributed by atoms with van der Waals surface area (Å²) in [7, 11) is 3.37. The van der Waals surface area contributed by atoms with Crippen LogP contribution >= 0.6 is 0 Å². The Morgan fingerprint density at radius 3 is 2.77 bits per heavy atom. The fraction of sp³-hybridized carbons (Fsp3) is 0.750. The first-order chi connectivity index (χ1) is 6.13. The van der Waals surface area contributed by atoms with Crippen molar-refractivity contribution in [2.45, 2.75) is 0 Å².